The molecule has 0 radical (unpaired) electrons. The minimum atomic E-state index is -0.979. The first kappa shape index (κ1) is 12.6. The zero-order chi connectivity index (χ0) is 13.0. The Labute approximate surface area is 109 Å². The maximum atomic E-state index is 10.7. The highest BCUT2D eigenvalue weighted by molar-refractivity contribution is 7.98. The quantitative estimate of drug-likeness (QED) is 0.840. The lowest BCUT2D eigenvalue weighted by molar-refractivity contribution is 0.0696. The summed E-state index contributed by atoms with van der Waals surface area (Å²) in [7, 11) is 1.62. The van der Waals surface area contributed by atoms with Crippen LogP contribution < -0.4 is 4.74 Å². The van der Waals surface area contributed by atoms with Crippen molar-refractivity contribution in [3.05, 3.63) is 47.9 Å². The van der Waals surface area contributed by atoms with Gasteiger partial charge in [0.05, 0.1) is 18.4 Å². The number of hydrogen-bond donors (Lipinski definition) is 1. The molecule has 2 aromatic rings. The molecule has 4 nitrogen and oxygen atoms in total. The molecule has 2 rings (SSSR count). The van der Waals surface area contributed by atoms with Crippen molar-refractivity contribution in [2.75, 3.05) is 7.11 Å². The SMILES string of the molecule is COc1ccccc1SCc1cc(C(=O)O)co1. The summed E-state index contributed by atoms with van der Waals surface area (Å²) in [6, 6.07) is 9.19. The lowest BCUT2D eigenvalue weighted by Gasteiger charge is -2.06. The predicted molar refractivity (Wildman–Crippen MR) is 68.2 cm³/mol. The summed E-state index contributed by atoms with van der Waals surface area (Å²) >= 11 is 1.54. The van der Waals surface area contributed by atoms with E-state index in [4.69, 9.17) is 14.3 Å². The Morgan fingerprint density at radius 1 is 1.44 bits per heavy atom. The molecule has 0 saturated carbocycles. The number of carboxylic acids is 1. The van der Waals surface area contributed by atoms with Gasteiger partial charge in [-0.15, -0.1) is 11.8 Å². The van der Waals surface area contributed by atoms with Crippen molar-refractivity contribution < 1.29 is 19.1 Å². The van der Waals surface area contributed by atoms with Crippen molar-refractivity contribution in [1.29, 1.82) is 0 Å². The number of furan rings is 1. The van der Waals surface area contributed by atoms with Crippen LogP contribution in [0.1, 0.15) is 16.1 Å². The van der Waals surface area contributed by atoms with Crippen LogP contribution in [0, 0.1) is 0 Å². The van der Waals surface area contributed by atoms with Crippen molar-refractivity contribution in [2.45, 2.75) is 10.6 Å². The van der Waals surface area contributed by atoms with E-state index in [-0.39, 0.29) is 5.56 Å². The average molecular weight is 264 g/mol. The van der Waals surface area contributed by atoms with Crippen LogP contribution in [-0.2, 0) is 5.75 Å². The van der Waals surface area contributed by atoms with Gasteiger partial charge in [0.15, 0.2) is 0 Å². The zero-order valence-electron chi connectivity index (χ0n) is 9.75. The van der Waals surface area contributed by atoms with E-state index in [0.29, 0.717) is 11.5 Å². The molecule has 1 aromatic carbocycles. The van der Waals surface area contributed by atoms with E-state index in [1.54, 1.807) is 7.11 Å². The number of aromatic carboxylic acids is 1. The van der Waals surface area contributed by atoms with E-state index in [9.17, 15) is 4.79 Å². The van der Waals surface area contributed by atoms with E-state index in [1.165, 1.54) is 24.1 Å². The van der Waals surface area contributed by atoms with Crippen molar-refractivity contribution in [1.82, 2.24) is 0 Å². The van der Waals surface area contributed by atoms with Crippen LogP contribution in [0.4, 0.5) is 0 Å². The first-order chi connectivity index (χ1) is 8.70. The van der Waals surface area contributed by atoms with Gasteiger partial charge in [-0.3, -0.25) is 0 Å². The Kier molecular flexibility index (Phi) is 3.94. The third-order valence-corrected chi connectivity index (χ3v) is 3.42. The summed E-state index contributed by atoms with van der Waals surface area (Å²) in [5, 5.41) is 8.78. The molecular formula is C13H12O4S. The van der Waals surface area contributed by atoms with Crippen molar-refractivity contribution in [2.24, 2.45) is 0 Å². The fourth-order valence-corrected chi connectivity index (χ4v) is 2.37. The van der Waals surface area contributed by atoms with Gasteiger partial charge >= 0.3 is 5.97 Å². The van der Waals surface area contributed by atoms with Gasteiger partial charge < -0.3 is 14.3 Å². The van der Waals surface area contributed by atoms with Crippen LogP contribution in [0.15, 0.2) is 45.9 Å². The van der Waals surface area contributed by atoms with Gasteiger partial charge in [0.2, 0.25) is 0 Å². The molecule has 0 fully saturated rings. The monoisotopic (exact) mass is 264 g/mol. The number of para-hydroxylation sites is 1. The van der Waals surface area contributed by atoms with Gasteiger partial charge in [-0.05, 0) is 18.2 Å². The van der Waals surface area contributed by atoms with Gasteiger partial charge in [0.1, 0.15) is 17.8 Å². The number of hydrogen-bond acceptors (Lipinski definition) is 4. The van der Waals surface area contributed by atoms with Crippen molar-refractivity contribution >= 4 is 17.7 Å². The second-order valence-corrected chi connectivity index (χ2v) is 4.56. The number of ether oxygens (including phenoxy) is 1. The molecule has 0 saturated heterocycles. The van der Waals surface area contributed by atoms with Crippen LogP contribution in [0.25, 0.3) is 0 Å². The first-order valence-corrected chi connectivity index (χ1v) is 6.26. The molecule has 0 aliphatic carbocycles. The summed E-state index contributed by atoms with van der Waals surface area (Å²) in [4.78, 5) is 11.7. The topological polar surface area (TPSA) is 59.7 Å². The number of rotatable bonds is 5. The summed E-state index contributed by atoms with van der Waals surface area (Å²) in [6.07, 6.45) is 1.25. The fraction of sp³-hybridized carbons (Fsp3) is 0.154. The summed E-state index contributed by atoms with van der Waals surface area (Å²) in [5.41, 5.74) is 0.172. The van der Waals surface area contributed by atoms with E-state index < -0.39 is 5.97 Å². The van der Waals surface area contributed by atoms with Gasteiger partial charge in [0.25, 0.3) is 0 Å². The Morgan fingerprint density at radius 2 is 2.22 bits per heavy atom. The van der Waals surface area contributed by atoms with Crippen molar-refractivity contribution in [3.8, 4) is 5.75 Å². The molecule has 18 heavy (non-hydrogen) atoms. The molecule has 5 heteroatoms. The van der Waals surface area contributed by atoms with Gasteiger partial charge in [0, 0.05) is 4.90 Å². The molecule has 0 atom stereocenters. The number of thioether (sulfide) groups is 1. The third-order valence-electron chi connectivity index (χ3n) is 2.34. The second-order valence-electron chi connectivity index (χ2n) is 3.55. The van der Waals surface area contributed by atoms with Crippen molar-refractivity contribution in [3.63, 3.8) is 0 Å². The fourth-order valence-electron chi connectivity index (χ4n) is 1.46. The minimum absolute atomic E-state index is 0.172. The van der Waals surface area contributed by atoms with Crippen LogP contribution in [0.3, 0.4) is 0 Å². The second kappa shape index (κ2) is 5.64. The van der Waals surface area contributed by atoms with E-state index >= 15 is 0 Å². The lowest BCUT2D eigenvalue weighted by atomic mass is 10.3. The summed E-state index contributed by atoms with van der Waals surface area (Å²) in [6.45, 7) is 0. The molecule has 0 spiro atoms. The number of benzene rings is 1. The number of carboxylic acid groups (broad SMARTS) is 1. The van der Waals surface area contributed by atoms with Gasteiger partial charge in [-0.2, -0.15) is 0 Å². The summed E-state index contributed by atoms with van der Waals surface area (Å²) in [5.74, 6) is 1.01. The van der Waals surface area contributed by atoms with Crippen LogP contribution in [-0.4, -0.2) is 18.2 Å². The molecule has 0 aliphatic heterocycles. The zero-order valence-corrected chi connectivity index (χ0v) is 10.6. The normalized spacial score (nSPS) is 10.3. The standard InChI is InChI=1S/C13H12O4S/c1-16-11-4-2-3-5-12(11)18-8-10-6-9(7-17-10)13(14)15/h2-7H,8H2,1H3,(H,14,15). The molecule has 1 aromatic heterocycles. The molecule has 0 unspecified atom stereocenters. The van der Waals surface area contributed by atoms with Crippen LogP contribution in [0.2, 0.25) is 0 Å². The minimum Gasteiger partial charge on any atom is -0.496 e. The number of methoxy groups -OCH3 is 1. The highest BCUT2D eigenvalue weighted by Crippen LogP contribution is 2.31. The molecule has 1 heterocycles. The van der Waals surface area contributed by atoms with Crippen LogP contribution >= 0.6 is 11.8 Å². The third kappa shape index (κ3) is 2.87. The van der Waals surface area contributed by atoms with Gasteiger partial charge in [-0.1, -0.05) is 12.1 Å². The Bertz CT molecular complexity index is 547. The molecule has 94 valence electrons. The van der Waals surface area contributed by atoms with E-state index in [0.717, 1.165) is 10.6 Å². The van der Waals surface area contributed by atoms with Crippen LogP contribution in [0.5, 0.6) is 5.75 Å². The Hall–Kier alpha value is -1.88. The first-order valence-electron chi connectivity index (χ1n) is 5.27. The molecule has 0 amide bonds. The smallest absolute Gasteiger partial charge is 0.338 e. The number of carbonyl (C=O) groups is 1. The molecule has 0 aliphatic rings. The van der Waals surface area contributed by atoms with E-state index in [2.05, 4.69) is 0 Å². The largest absolute Gasteiger partial charge is 0.496 e. The molecular weight excluding hydrogens is 252 g/mol. The van der Waals surface area contributed by atoms with Gasteiger partial charge in [-0.25, -0.2) is 4.79 Å². The molecule has 0 bridgehead atoms. The Morgan fingerprint density at radius 3 is 2.89 bits per heavy atom. The maximum Gasteiger partial charge on any atom is 0.338 e. The highest BCUT2D eigenvalue weighted by atomic mass is 32.2. The molecule has 1 N–H and O–H groups in total. The average Bonchev–Trinajstić information content (AvgIpc) is 2.85. The maximum absolute atomic E-state index is 10.7. The summed E-state index contributed by atoms with van der Waals surface area (Å²) < 4.78 is 10.4. The highest BCUT2D eigenvalue weighted by Gasteiger charge is 2.09. The predicted octanol–water partition coefficient (Wildman–Crippen LogP) is 3.28. The van der Waals surface area contributed by atoms with E-state index in [1.807, 2.05) is 24.3 Å². The Balaban J connectivity index is 2.04. The lowest BCUT2D eigenvalue weighted by Crippen LogP contribution is -1.91.